The quantitative estimate of drug-likeness (QED) is 0.195. The molecule has 6 nitrogen and oxygen atoms in total. The van der Waals surface area contributed by atoms with Crippen LogP contribution in [0.2, 0.25) is 0 Å². The molecular weight excluding hydrogens is 600 g/mol. The number of hydrogen-bond acceptors (Lipinski definition) is 6. The average molecular weight is 665 g/mol. The molecule has 0 atom stereocenters. The number of ether oxygens (including phenoxy) is 4. The van der Waals surface area contributed by atoms with Crippen LogP contribution in [-0.4, -0.2) is 49.6 Å². The molecule has 0 aromatic carbocycles. The van der Waals surface area contributed by atoms with Crippen LogP contribution in [0.5, 0.6) is 0 Å². The summed E-state index contributed by atoms with van der Waals surface area (Å²) in [5, 5.41) is 0. The highest BCUT2D eigenvalue weighted by Gasteiger charge is 2.68. The third-order valence-electron chi connectivity index (χ3n) is 16.1. The van der Waals surface area contributed by atoms with Gasteiger partial charge in [0, 0.05) is 36.9 Å². The predicted molar refractivity (Wildman–Crippen MR) is 183 cm³/mol. The zero-order chi connectivity index (χ0) is 33.1. The fraction of sp³-hybridized carbons (Fsp3) is 0.952. The van der Waals surface area contributed by atoms with E-state index in [0.29, 0.717) is 80.2 Å². The zero-order valence-electron chi connectivity index (χ0n) is 30.5. The Labute approximate surface area is 289 Å². The van der Waals surface area contributed by atoms with E-state index in [4.69, 9.17) is 18.9 Å². The second-order valence-electron chi connectivity index (χ2n) is 20.6. The molecule has 48 heavy (non-hydrogen) atoms. The summed E-state index contributed by atoms with van der Waals surface area (Å²) in [5.41, 5.74) is -2.11. The van der Waals surface area contributed by atoms with Gasteiger partial charge in [-0.15, -0.1) is 0 Å². The van der Waals surface area contributed by atoms with Crippen molar-refractivity contribution in [3.8, 4) is 0 Å². The van der Waals surface area contributed by atoms with Gasteiger partial charge in [0.05, 0.1) is 24.0 Å². The van der Waals surface area contributed by atoms with E-state index in [9.17, 15) is 9.59 Å². The molecule has 12 aliphatic rings. The highest BCUT2D eigenvalue weighted by Crippen LogP contribution is 2.68. The standard InChI is InChI=1S/C42H64O6/c1-25(2)20-45-23-41(33-8-27-5-28(10-33)11-34(41)9-27)47-37(43)39-16-31-7-32(17-39)19-40(18-31,22-39)38(44)48-42(24-46-21-26(3)4)35-12-29-6-30(14-35)15-36(42)13-29/h25-36H,5-24H2,1-4H3. The average Bonchev–Trinajstić information content (AvgIpc) is 3.00. The summed E-state index contributed by atoms with van der Waals surface area (Å²) in [5.74, 6) is 6.60. The molecule has 0 heterocycles. The van der Waals surface area contributed by atoms with E-state index in [1.54, 1.807) is 0 Å². The van der Waals surface area contributed by atoms with Crippen LogP contribution in [0.1, 0.15) is 130 Å². The van der Waals surface area contributed by atoms with E-state index in [1.165, 1.54) is 64.2 Å². The van der Waals surface area contributed by atoms with E-state index < -0.39 is 22.0 Å². The van der Waals surface area contributed by atoms with Gasteiger partial charge < -0.3 is 18.9 Å². The van der Waals surface area contributed by atoms with E-state index in [2.05, 4.69) is 27.7 Å². The van der Waals surface area contributed by atoms with Gasteiger partial charge in [-0.25, -0.2) is 0 Å². The van der Waals surface area contributed by atoms with Crippen LogP contribution < -0.4 is 0 Å². The molecule has 0 aliphatic heterocycles. The Kier molecular flexibility index (Phi) is 7.97. The number of carbonyl (C=O) groups is 2. The van der Waals surface area contributed by atoms with Crippen LogP contribution in [0.4, 0.5) is 0 Å². The van der Waals surface area contributed by atoms with Crippen molar-refractivity contribution in [2.75, 3.05) is 26.4 Å². The Morgan fingerprint density at radius 2 is 0.812 bits per heavy atom. The number of rotatable bonds is 12. The van der Waals surface area contributed by atoms with Crippen LogP contribution in [-0.2, 0) is 28.5 Å². The molecule has 12 fully saturated rings. The largest absolute Gasteiger partial charge is 0.456 e. The highest BCUT2D eigenvalue weighted by molar-refractivity contribution is 5.83. The molecule has 12 rings (SSSR count). The molecule has 268 valence electrons. The molecule has 6 heteroatoms. The van der Waals surface area contributed by atoms with Gasteiger partial charge in [0.15, 0.2) is 0 Å². The van der Waals surface area contributed by atoms with Gasteiger partial charge in [-0.2, -0.15) is 0 Å². The molecule has 12 bridgehead atoms. The van der Waals surface area contributed by atoms with Crippen LogP contribution in [0.25, 0.3) is 0 Å². The Hall–Kier alpha value is -1.14. The van der Waals surface area contributed by atoms with E-state index in [0.717, 1.165) is 55.8 Å². The minimum absolute atomic E-state index is 0.0130. The summed E-state index contributed by atoms with van der Waals surface area (Å²) < 4.78 is 27.0. The molecule has 0 N–H and O–H groups in total. The lowest BCUT2D eigenvalue weighted by atomic mass is 9.44. The molecule has 0 amide bonds. The maximum Gasteiger partial charge on any atom is 0.312 e. The Morgan fingerprint density at radius 1 is 0.500 bits per heavy atom. The van der Waals surface area contributed by atoms with E-state index >= 15 is 0 Å². The molecule has 0 aromatic heterocycles. The Morgan fingerprint density at radius 3 is 1.12 bits per heavy atom. The SMILES string of the molecule is CC(C)COCC1(OC(=O)C23CC4CC(C2)CC(C(=O)OC2(COCC(C)C)C5CC6CC(C5)CC2C6)(C4)C3)C2CC3CC(C2)CC1C3. The molecule has 0 radical (unpaired) electrons. The molecule has 0 saturated heterocycles. The van der Waals surface area contributed by atoms with Crippen molar-refractivity contribution >= 4 is 11.9 Å². The molecule has 12 saturated carbocycles. The first kappa shape index (κ1) is 32.7. The van der Waals surface area contributed by atoms with Crippen molar-refractivity contribution in [3.63, 3.8) is 0 Å². The summed E-state index contributed by atoms with van der Waals surface area (Å²) >= 11 is 0. The predicted octanol–water partition coefficient (Wildman–Crippen LogP) is 8.39. The van der Waals surface area contributed by atoms with Gasteiger partial charge in [-0.05, 0) is 150 Å². The van der Waals surface area contributed by atoms with Crippen molar-refractivity contribution in [2.45, 2.75) is 142 Å². The van der Waals surface area contributed by atoms with Crippen LogP contribution in [0.15, 0.2) is 0 Å². The maximum atomic E-state index is 15.0. The first-order valence-corrected chi connectivity index (χ1v) is 20.6. The normalized spacial score (nSPS) is 50.5. The second kappa shape index (κ2) is 11.7. The first-order chi connectivity index (χ1) is 23.0. The molecular formula is C42H64O6. The number of carbonyl (C=O) groups excluding carboxylic acids is 2. The van der Waals surface area contributed by atoms with Crippen molar-refractivity contribution in [1.29, 1.82) is 0 Å². The van der Waals surface area contributed by atoms with Crippen LogP contribution in [0, 0.1) is 81.8 Å². The summed E-state index contributed by atoms with van der Waals surface area (Å²) in [4.78, 5) is 29.9. The zero-order valence-corrected chi connectivity index (χ0v) is 30.5. The van der Waals surface area contributed by atoms with E-state index in [-0.39, 0.29) is 11.9 Å². The minimum atomic E-state index is -0.561. The summed E-state index contributed by atoms with van der Waals surface area (Å²) in [6, 6.07) is 0. The van der Waals surface area contributed by atoms with Crippen LogP contribution in [0.3, 0.4) is 0 Å². The smallest absolute Gasteiger partial charge is 0.312 e. The van der Waals surface area contributed by atoms with Crippen molar-refractivity contribution in [1.82, 2.24) is 0 Å². The topological polar surface area (TPSA) is 71.1 Å². The molecule has 0 aromatic rings. The van der Waals surface area contributed by atoms with Crippen molar-refractivity contribution < 1.29 is 28.5 Å². The second-order valence-corrected chi connectivity index (χ2v) is 20.6. The summed E-state index contributed by atoms with van der Waals surface area (Å²) in [7, 11) is 0. The van der Waals surface area contributed by atoms with Gasteiger partial charge in [-0.1, -0.05) is 27.7 Å². The molecule has 0 spiro atoms. The summed E-state index contributed by atoms with van der Waals surface area (Å²) in [6.07, 6.45) is 17.5. The Bertz CT molecular complexity index is 1100. The van der Waals surface area contributed by atoms with Gasteiger partial charge >= 0.3 is 11.9 Å². The number of esters is 2. The maximum absolute atomic E-state index is 15.0. The lowest BCUT2D eigenvalue weighted by Gasteiger charge is -2.64. The number of hydrogen-bond donors (Lipinski definition) is 0. The first-order valence-electron chi connectivity index (χ1n) is 20.6. The third kappa shape index (κ3) is 5.20. The monoisotopic (exact) mass is 664 g/mol. The van der Waals surface area contributed by atoms with Crippen LogP contribution >= 0.6 is 0 Å². The third-order valence-corrected chi connectivity index (χ3v) is 16.1. The van der Waals surface area contributed by atoms with E-state index in [1.807, 2.05) is 0 Å². The summed E-state index contributed by atoms with van der Waals surface area (Å²) in [6.45, 7) is 11.3. The van der Waals surface area contributed by atoms with Gasteiger partial charge in [0.1, 0.15) is 11.2 Å². The fourth-order valence-electron chi connectivity index (χ4n) is 15.0. The van der Waals surface area contributed by atoms with Gasteiger partial charge in [0.2, 0.25) is 0 Å². The lowest BCUT2D eigenvalue weighted by molar-refractivity contribution is -0.253. The molecule has 12 aliphatic carbocycles. The lowest BCUT2D eigenvalue weighted by Crippen LogP contribution is -2.66. The van der Waals surface area contributed by atoms with Gasteiger partial charge in [-0.3, -0.25) is 9.59 Å². The van der Waals surface area contributed by atoms with Crippen molar-refractivity contribution in [3.05, 3.63) is 0 Å². The fourth-order valence-corrected chi connectivity index (χ4v) is 15.0. The van der Waals surface area contributed by atoms with Crippen molar-refractivity contribution in [2.24, 2.45) is 81.8 Å². The highest BCUT2D eigenvalue weighted by atomic mass is 16.6. The minimum Gasteiger partial charge on any atom is -0.456 e. The molecule has 0 unspecified atom stereocenters. The van der Waals surface area contributed by atoms with Gasteiger partial charge in [0.25, 0.3) is 0 Å². The Balaban J connectivity index is 0.981.